The van der Waals surface area contributed by atoms with Crippen molar-refractivity contribution in [3.05, 3.63) is 42.0 Å². The first-order valence-corrected chi connectivity index (χ1v) is 7.81. The van der Waals surface area contributed by atoms with Crippen molar-refractivity contribution in [3.8, 4) is 0 Å². The highest BCUT2D eigenvalue weighted by Gasteiger charge is 2.26. The number of fused-ring (bicyclic) bond motifs is 1. The number of likely N-dealkylation sites (tertiary alicyclic amines) is 1. The maximum atomic E-state index is 12.8. The molecular formula is C16H18N6O. The number of hydrogen-bond donors (Lipinski definition) is 1. The molecule has 0 spiro atoms. The molecule has 1 amide bonds. The molecule has 7 heteroatoms. The number of carbonyl (C=O) groups is 1. The first-order chi connectivity index (χ1) is 11.2. The number of hydrogen-bond acceptors (Lipinski definition) is 4. The van der Waals surface area contributed by atoms with E-state index >= 15 is 0 Å². The third-order valence-electron chi connectivity index (χ3n) is 4.43. The zero-order valence-corrected chi connectivity index (χ0v) is 12.9. The van der Waals surface area contributed by atoms with Gasteiger partial charge in [-0.25, -0.2) is 4.98 Å². The Hall–Kier alpha value is -2.70. The molecule has 118 valence electrons. The highest BCUT2D eigenvalue weighted by Crippen LogP contribution is 2.23. The van der Waals surface area contributed by atoms with Crippen molar-refractivity contribution in [2.24, 2.45) is 0 Å². The number of aromatic amines is 1. The van der Waals surface area contributed by atoms with Gasteiger partial charge in [-0.05, 0) is 31.9 Å². The fraction of sp³-hybridized carbons (Fsp3) is 0.375. The number of nitrogens with zero attached hydrogens (tertiary/aromatic N) is 5. The molecule has 1 saturated heterocycles. The molecule has 1 aliphatic heterocycles. The second-order valence-electron chi connectivity index (χ2n) is 5.98. The van der Waals surface area contributed by atoms with Crippen LogP contribution in [-0.2, 0) is 0 Å². The summed E-state index contributed by atoms with van der Waals surface area (Å²) in [4.78, 5) is 19.0. The SMILES string of the molecule is Cc1[nH]nc2ncc(C(=O)N3CCC[C@H](n4cccn4)C3)cc12. The number of H-pyrrole nitrogens is 1. The summed E-state index contributed by atoms with van der Waals surface area (Å²) < 4.78 is 1.95. The van der Waals surface area contributed by atoms with Crippen LogP contribution in [-0.4, -0.2) is 48.9 Å². The van der Waals surface area contributed by atoms with Crippen molar-refractivity contribution in [1.29, 1.82) is 0 Å². The van der Waals surface area contributed by atoms with Gasteiger partial charge in [-0.2, -0.15) is 10.2 Å². The van der Waals surface area contributed by atoms with Gasteiger partial charge in [-0.1, -0.05) is 0 Å². The lowest BCUT2D eigenvalue weighted by atomic mass is 10.0. The van der Waals surface area contributed by atoms with E-state index in [1.165, 1.54) is 0 Å². The van der Waals surface area contributed by atoms with Crippen molar-refractivity contribution < 1.29 is 4.79 Å². The van der Waals surface area contributed by atoms with E-state index in [0.29, 0.717) is 17.8 Å². The Bertz CT molecular complexity index is 838. The highest BCUT2D eigenvalue weighted by molar-refractivity contribution is 5.97. The summed E-state index contributed by atoms with van der Waals surface area (Å²) >= 11 is 0. The van der Waals surface area contributed by atoms with E-state index in [2.05, 4.69) is 20.3 Å². The lowest BCUT2D eigenvalue weighted by Crippen LogP contribution is -2.40. The van der Waals surface area contributed by atoms with E-state index in [0.717, 1.165) is 30.5 Å². The Balaban J connectivity index is 1.58. The van der Waals surface area contributed by atoms with Crippen molar-refractivity contribution in [2.75, 3.05) is 13.1 Å². The van der Waals surface area contributed by atoms with Gasteiger partial charge < -0.3 is 4.90 Å². The van der Waals surface area contributed by atoms with Crippen LogP contribution in [0.4, 0.5) is 0 Å². The van der Waals surface area contributed by atoms with Gasteiger partial charge in [0.2, 0.25) is 0 Å². The molecule has 3 aromatic heterocycles. The van der Waals surface area contributed by atoms with E-state index in [4.69, 9.17) is 0 Å². The molecule has 0 aromatic carbocycles. The monoisotopic (exact) mass is 310 g/mol. The van der Waals surface area contributed by atoms with Crippen LogP contribution in [0.25, 0.3) is 11.0 Å². The van der Waals surface area contributed by atoms with E-state index in [9.17, 15) is 4.79 Å². The second-order valence-corrected chi connectivity index (χ2v) is 5.98. The fourth-order valence-corrected chi connectivity index (χ4v) is 3.17. The van der Waals surface area contributed by atoms with Gasteiger partial charge in [0, 0.05) is 42.8 Å². The number of piperidine rings is 1. The normalized spacial score (nSPS) is 18.5. The number of nitrogens with one attached hydrogen (secondary N) is 1. The maximum Gasteiger partial charge on any atom is 0.255 e. The van der Waals surface area contributed by atoms with Crippen LogP contribution in [0.5, 0.6) is 0 Å². The topological polar surface area (TPSA) is 79.7 Å². The van der Waals surface area contributed by atoms with Crippen molar-refractivity contribution in [2.45, 2.75) is 25.8 Å². The van der Waals surface area contributed by atoms with E-state index in [1.54, 1.807) is 12.4 Å². The van der Waals surface area contributed by atoms with Crippen LogP contribution in [0.3, 0.4) is 0 Å². The largest absolute Gasteiger partial charge is 0.336 e. The van der Waals surface area contributed by atoms with Gasteiger partial charge in [-0.15, -0.1) is 0 Å². The summed E-state index contributed by atoms with van der Waals surface area (Å²) in [6.45, 7) is 3.39. The minimum atomic E-state index is 0.0249. The van der Waals surface area contributed by atoms with Crippen LogP contribution in [0.2, 0.25) is 0 Å². The van der Waals surface area contributed by atoms with Crippen LogP contribution in [0, 0.1) is 6.92 Å². The first-order valence-electron chi connectivity index (χ1n) is 7.81. The molecule has 1 aliphatic rings. The molecule has 23 heavy (non-hydrogen) atoms. The molecule has 0 bridgehead atoms. The van der Waals surface area contributed by atoms with Crippen LogP contribution < -0.4 is 0 Å². The van der Waals surface area contributed by atoms with E-state index in [1.807, 2.05) is 34.8 Å². The Kier molecular flexibility index (Phi) is 3.33. The molecule has 7 nitrogen and oxygen atoms in total. The summed E-state index contributed by atoms with van der Waals surface area (Å²) in [5.41, 5.74) is 2.19. The zero-order chi connectivity index (χ0) is 15.8. The van der Waals surface area contributed by atoms with E-state index in [-0.39, 0.29) is 11.9 Å². The van der Waals surface area contributed by atoms with Crippen molar-refractivity contribution in [1.82, 2.24) is 29.9 Å². The van der Waals surface area contributed by atoms with E-state index < -0.39 is 0 Å². The number of aryl methyl sites for hydroxylation is 1. The lowest BCUT2D eigenvalue weighted by Gasteiger charge is -2.32. The fourth-order valence-electron chi connectivity index (χ4n) is 3.17. The van der Waals surface area contributed by atoms with Gasteiger partial charge in [0.15, 0.2) is 5.65 Å². The summed E-state index contributed by atoms with van der Waals surface area (Å²) in [6.07, 6.45) is 7.38. The number of pyridine rings is 1. The molecule has 0 radical (unpaired) electrons. The maximum absolute atomic E-state index is 12.8. The second kappa shape index (κ2) is 5.49. The lowest BCUT2D eigenvalue weighted by molar-refractivity contribution is 0.0673. The summed E-state index contributed by atoms with van der Waals surface area (Å²) in [6, 6.07) is 4.04. The van der Waals surface area contributed by atoms with Crippen LogP contribution >= 0.6 is 0 Å². The third-order valence-corrected chi connectivity index (χ3v) is 4.43. The third kappa shape index (κ3) is 2.48. The Morgan fingerprint density at radius 1 is 1.43 bits per heavy atom. The number of rotatable bonds is 2. The molecule has 1 fully saturated rings. The Morgan fingerprint density at radius 2 is 2.35 bits per heavy atom. The standard InChI is InChI=1S/C16H18N6O/c1-11-14-8-12(9-17-15(14)20-19-11)16(23)21-6-2-4-13(10-21)22-7-3-5-18-22/h3,5,7-9,13H,2,4,6,10H2,1H3,(H,17,19,20)/t13-/m0/s1. The molecule has 4 heterocycles. The van der Waals surface area contributed by atoms with Crippen LogP contribution in [0.15, 0.2) is 30.7 Å². The molecule has 0 unspecified atom stereocenters. The summed E-state index contributed by atoms with van der Waals surface area (Å²) in [5.74, 6) is 0.0249. The Labute approximate surface area is 133 Å². The number of aromatic nitrogens is 5. The average molecular weight is 310 g/mol. The van der Waals surface area contributed by atoms with Gasteiger partial charge in [0.05, 0.1) is 11.6 Å². The zero-order valence-electron chi connectivity index (χ0n) is 12.9. The van der Waals surface area contributed by atoms with Crippen molar-refractivity contribution in [3.63, 3.8) is 0 Å². The smallest absolute Gasteiger partial charge is 0.255 e. The Morgan fingerprint density at radius 3 is 3.17 bits per heavy atom. The van der Waals surface area contributed by atoms with Gasteiger partial charge >= 0.3 is 0 Å². The average Bonchev–Trinajstić information content (AvgIpc) is 3.25. The van der Waals surface area contributed by atoms with Crippen LogP contribution in [0.1, 0.15) is 34.9 Å². The van der Waals surface area contributed by atoms with Gasteiger partial charge in [0.25, 0.3) is 5.91 Å². The molecule has 0 aliphatic carbocycles. The molecule has 1 atom stereocenters. The highest BCUT2D eigenvalue weighted by atomic mass is 16.2. The number of carbonyl (C=O) groups excluding carboxylic acids is 1. The molecule has 1 N–H and O–H groups in total. The molecule has 4 rings (SSSR count). The molecule has 3 aromatic rings. The molecule has 0 saturated carbocycles. The summed E-state index contributed by atoms with van der Waals surface area (Å²) in [7, 11) is 0. The molecular weight excluding hydrogens is 292 g/mol. The minimum absolute atomic E-state index is 0.0249. The quantitative estimate of drug-likeness (QED) is 0.784. The minimum Gasteiger partial charge on any atom is -0.336 e. The number of amides is 1. The predicted molar refractivity (Wildman–Crippen MR) is 85.0 cm³/mol. The van der Waals surface area contributed by atoms with Gasteiger partial charge in [-0.3, -0.25) is 14.6 Å². The van der Waals surface area contributed by atoms with Crippen molar-refractivity contribution >= 4 is 16.9 Å². The first kappa shape index (κ1) is 13.9. The summed E-state index contributed by atoms with van der Waals surface area (Å²) in [5, 5.41) is 12.2. The van der Waals surface area contributed by atoms with Gasteiger partial charge in [0.1, 0.15) is 0 Å². The predicted octanol–water partition coefficient (Wildman–Crippen LogP) is 1.94.